The van der Waals surface area contributed by atoms with Crippen LogP contribution in [0.5, 0.6) is 5.75 Å². The number of pyridine rings is 1. The van der Waals surface area contributed by atoms with Crippen LogP contribution in [0.3, 0.4) is 0 Å². The van der Waals surface area contributed by atoms with Gasteiger partial charge in [0.15, 0.2) is 0 Å². The minimum Gasteiger partial charge on any atom is -0.506 e. The zero-order valence-corrected chi connectivity index (χ0v) is 11.3. The molecular formula is C16H11N3O3. The summed E-state index contributed by atoms with van der Waals surface area (Å²) in [5.74, 6) is -1.23. The standard InChI is InChI=1S/C16H11N3O3/c20-14-7-6-11(16(21)22)9-13(14)19-18-12-5-1-3-10-4-2-8-17-15(10)12/h1-9,20H,(H,21,22). The number of carboxylic acid groups (broad SMARTS) is 1. The van der Waals surface area contributed by atoms with Crippen LogP contribution in [0.1, 0.15) is 10.4 Å². The second-order valence-electron chi connectivity index (χ2n) is 4.56. The van der Waals surface area contributed by atoms with Gasteiger partial charge in [-0.05, 0) is 30.3 Å². The lowest BCUT2D eigenvalue weighted by atomic mass is 10.2. The number of hydrogen-bond donors (Lipinski definition) is 2. The molecule has 0 amide bonds. The Morgan fingerprint density at radius 2 is 1.77 bits per heavy atom. The van der Waals surface area contributed by atoms with E-state index in [9.17, 15) is 9.90 Å². The van der Waals surface area contributed by atoms with Gasteiger partial charge in [0.25, 0.3) is 0 Å². The van der Waals surface area contributed by atoms with E-state index in [1.165, 1.54) is 18.2 Å². The first-order valence-corrected chi connectivity index (χ1v) is 6.47. The summed E-state index contributed by atoms with van der Waals surface area (Å²) in [5, 5.41) is 27.6. The minimum atomic E-state index is -1.09. The number of phenolic OH excluding ortho intramolecular Hbond substituents is 1. The van der Waals surface area contributed by atoms with Gasteiger partial charge in [0, 0.05) is 11.6 Å². The molecule has 0 fully saturated rings. The van der Waals surface area contributed by atoms with Crippen LogP contribution < -0.4 is 0 Å². The maximum atomic E-state index is 10.9. The van der Waals surface area contributed by atoms with Crippen molar-refractivity contribution in [2.75, 3.05) is 0 Å². The fraction of sp³-hybridized carbons (Fsp3) is 0. The Morgan fingerprint density at radius 1 is 1.00 bits per heavy atom. The number of hydrogen-bond acceptors (Lipinski definition) is 5. The van der Waals surface area contributed by atoms with Crippen LogP contribution in [0.2, 0.25) is 0 Å². The molecule has 108 valence electrons. The van der Waals surface area contributed by atoms with Crippen LogP contribution in [0.15, 0.2) is 65.0 Å². The maximum absolute atomic E-state index is 10.9. The largest absolute Gasteiger partial charge is 0.506 e. The second-order valence-corrected chi connectivity index (χ2v) is 4.56. The molecule has 0 saturated heterocycles. The van der Waals surface area contributed by atoms with Crippen molar-refractivity contribution in [1.29, 1.82) is 0 Å². The maximum Gasteiger partial charge on any atom is 0.335 e. The predicted octanol–water partition coefficient (Wildman–Crippen LogP) is 4.05. The van der Waals surface area contributed by atoms with Crippen LogP contribution in [-0.4, -0.2) is 21.2 Å². The molecule has 3 rings (SSSR count). The van der Waals surface area contributed by atoms with Crippen molar-refractivity contribution in [3.8, 4) is 5.75 Å². The predicted molar refractivity (Wildman–Crippen MR) is 81.0 cm³/mol. The van der Waals surface area contributed by atoms with Gasteiger partial charge in [-0.25, -0.2) is 4.79 Å². The second kappa shape index (κ2) is 5.61. The number of azo groups is 1. The number of carboxylic acids is 1. The highest BCUT2D eigenvalue weighted by molar-refractivity contribution is 5.89. The zero-order chi connectivity index (χ0) is 15.5. The van der Waals surface area contributed by atoms with Crippen LogP contribution in [0, 0.1) is 0 Å². The number of carbonyl (C=O) groups is 1. The van der Waals surface area contributed by atoms with E-state index in [0.717, 1.165) is 5.39 Å². The highest BCUT2D eigenvalue weighted by atomic mass is 16.4. The van der Waals surface area contributed by atoms with Gasteiger partial charge in [0.2, 0.25) is 0 Å². The zero-order valence-electron chi connectivity index (χ0n) is 11.3. The fourth-order valence-corrected chi connectivity index (χ4v) is 2.01. The lowest BCUT2D eigenvalue weighted by molar-refractivity contribution is 0.0697. The summed E-state index contributed by atoms with van der Waals surface area (Å²) in [7, 11) is 0. The summed E-state index contributed by atoms with van der Waals surface area (Å²) in [6.45, 7) is 0. The Balaban J connectivity index is 2.03. The van der Waals surface area contributed by atoms with Gasteiger partial charge in [-0.1, -0.05) is 18.2 Å². The number of para-hydroxylation sites is 1. The molecule has 2 aromatic carbocycles. The third-order valence-electron chi connectivity index (χ3n) is 3.10. The van der Waals surface area contributed by atoms with Gasteiger partial charge in [-0.3, -0.25) is 4.98 Å². The molecule has 0 aliphatic heterocycles. The molecule has 6 heteroatoms. The Hall–Kier alpha value is -3.28. The summed E-state index contributed by atoms with van der Waals surface area (Å²) < 4.78 is 0. The van der Waals surface area contributed by atoms with Gasteiger partial charge in [-0.15, -0.1) is 10.2 Å². The third kappa shape index (κ3) is 2.62. The number of aromatic carboxylic acids is 1. The molecule has 22 heavy (non-hydrogen) atoms. The normalized spacial score (nSPS) is 11.1. The topological polar surface area (TPSA) is 95.1 Å². The van der Waals surface area contributed by atoms with E-state index in [-0.39, 0.29) is 17.0 Å². The minimum absolute atomic E-state index is 0.0304. The monoisotopic (exact) mass is 293 g/mol. The van der Waals surface area contributed by atoms with Gasteiger partial charge in [0.05, 0.1) is 11.1 Å². The Kier molecular flexibility index (Phi) is 3.49. The van der Waals surface area contributed by atoms with Crippen molar-refractivity contribution in [2.45, 2.75) is 0 Å². The van der Waals surface area contributed by atoms with Crippen molar-refractivity contribution in [1.82, 2.24) is 4.98 Å². The first-order chi connectivity index (χ1) is 10.6. The van der Waals surface area contributed by atoms with Crippen molar-refractivity contribution in [2.24, 2.45) is 10.2 Å². The molecule has 6 nitrogen and oxygen atoms in total. The molecular weight excluding hydrogens is 282 g/mol. The van der Waals surface area contributed by atoms with Crippen molar-refractivity contribution in [3.63, 3.8) is 0 Å². The highest BCUT2D eigenvalue weighted by Gasteiger charge is 2.07. The Morgan fingerprint density at radius 3 is 2.59 bits per heavy atom. The molecule has 0 aliphatic rings. The van der Waals surface area contributed by atoms with Gasteiger partial charge < -0.3 is 10.2 Å². The number of phenols is 1. The molecule has 0 atom stereocenters. The lowest BCUT2D eigenvalue weighted by Crippen LogP contribution is -1.94. The Bertz CT molecular complexity index is 885. The number of nitrogens with zero attached hydrogens (tertiary/aromatic N) is 3. The molecule has 2 N–H and O–H groups in total. The van der Waals surface area contributed by atoms with E-state index in [2.05, 4.69) is 15.2 Å². The van der Waals surface area contributed by atoms with Gasteiger partial charge in [-0.2, -0.15) is 0 Å². The van der Waals surface area contributed by atoms with E-state index in [1.54, 1.807) is 12.3 Å². The van der Waals surface area contributed by atoms with E-state index in [1.807, 2.05) is 24.3 Å². The van der Waals surface area contributed by atoms with E-state index in [4.69, 9.17) is 5.11 Å². The van der Waals surface area contributed by atoms with Gasteiger partial charge >= 0.3 is 5.97 Å². The van der Waals surface area contributed by atoms with E-state index < -0.39 is 5.97 Å². The van der Waals surface area contributed by atoms with Crippen molar-refractivity contribution >= 4 is 28.2 Å². The van der Waals surface area contributed by atoms with E-state index in [0.29, 0.717) is 11.2 Å². The van der Waals surface area contributed by atoms with E-state index >= 15 is 0 Å². The highest BCUT2D eigenvalue weighted by Crippen LogP contribution is 2.31. The molecule has 1 aromatic heterocycles. The first-order valence-electron chi connectivity index (χ1n) is 6.47. The molecule has 1 heterocycles. The lowest BCUT2D eigenvalue weighted by Gasteiger charge is -2.01. The average molecular weight is 293 g/mol. The fourth-order valence-electron chi connectivity index (χ4n) is 2.01. The molecule has 0 saturated carbocycles. The average Bonchev–Trinajstić information content (AvgIpc) is 2.54. The quantitative estimate of drug-likeness (QED) is 0.712. The number of aromatic nitrogens is 1. The summed E-state index contributed by atoms with van der Waals surface area (Å²) in [6, 6.07) is 13.1. The SMILES string of the molecule is O=C(O)c1ccc(O)c(N=Nc2cccc3cccnc23)c1. The molecule has 0 spiro atoms. The smallest absolute Gasteiger partial charge is 0.335 e. The molecule has 3 aromatic rings. The summed E-state index contributed by atoms with van der Waals surface area (Å²) in [6.07, 6.45) is 1.66. The first kappa shape index (κ1) is 13.7. The third-order valence-corrected chi connectivity index (χ3v) is 3.10. The molecule has 0 radical (unpaired) electrons. The van der Waals surface area contributed by atoms with Crippen LogP contribution in [0.25, 0.3) is 10.9 Å². The number of benzene rings is 2. The Labute approximate surface area is 125 Å². The molecule has 0 bridgehead atoms. The van der Waals surface area contributed by atoms with Crippen LogP contribution in [0.4, 0.5) is 11.4 Å². The van der Waals surface area contributed by atoms with Crippen LogP contribution >= 0.6 is 0 Å². The van der Waals surface area contributed by atoms with Crippen molar-refractivity contribution in [3.05, 3.63) is 60.3 Å². The molecule has 0 aliphatic carbocycles. The number of rotatable bonds is 3. The summed E-state index contributed by atoms with van der Waals surface area (Å²) >= 11 is 0. The van der Waals surface area contributed by atoms with Gasteiger partial charge in [0.1, 0.15) is 17.1 Å². The summed E-state index contributed by atoms with van der Waals surface area (Å²) in [5.41, 5.74) is 1.34. The number of aromatic hydroxyl groups is 1. The van der Waals surface area contributed by atoms with Crippen molar-refractivity contribution < 1.29 is 15.0 Å². The summed E-state index contributed by atoms with van der Waals surface area (Å²) in [4.78, 5) is 15.2. The molecule has 0 unspecified atom stereocenters. The van der Waals surface area contributed by atoms with Crippen LogP contribution in [-0.2, 0) is 0 Å². The number of fused-ring (bicyclic) bond motifs is 1.